The maximum atomic E-state index is 12.0. The summed E-state index contributed by atoms with van der Waals surface area (Å²) in [5, 5.41) is 2.84. The van der Waals surface area contributed by atoms with Gasteiger partial charge in [0.25, 0.3) is 5.91 Å². The molecule has 0 aliphatic carbocycles. The highest BCUT2D eigenvalue weighted by Crippen LogP contribution is 2.31. The Morgan fingerprint density at radius 2 is 2.12 bits per heavy atom. The molecule has 7 heteroatoms. The van der Waals surface area contributed by atoms with Crippen molar-refractivity contribution in [1.82, 2.24) is 5.32 Å². The van der Waals surface area contributed by atoms with Crippen molar-refractivity contribution >= 4 is 66.3 Å². The molecular weight excluding hydrogens is 388 g/mol. The van der Waals surface area contributed by atoms with E-state index in [1.807, 2.05) is 13.8 Å². The van der Waals surface area contributed by atoms with Crippen LogP contribution in [0, 0.1) is 5.92 Å². The molecule has 3 N–H and O–H groups in total. The number of hydrogen-bond acceptors (Lipinski definition) is 3. The fraction of sp³-hybridized carbons (Fsp3) is 0.400. The van der Waals surface area contributed by atoms with Crippen LogP contribution in [-0.2, 0) is 0 Å². The third-order valence-electron chi connectivity index (χ3n) is 2.16. The van der Waals surface area contributed by atoms with Crippen molar-refractivity contribution in [2.75, 3.05) is 0 Å². The van der Waals surface area contributed by atoms with Gasteiger partial charge in [0.15, 0.2) is 0 Å². The third kappa shape index (κ3) is 4.01. The Hall–Kier alpha value is 0.0200. The molecule has 3 nitrogen and oxygen atoms in total. The van der Waals surface area contributed by atoms with Gasteiger partial charge in [-0.2, -0.15) is 0 Å². The Balaban J connectivity index is 2.85. The smallest absolute Gasteiger partial charge is 0.253 e. The van der Waals surface area contributed by atoms with Gasteiger partial charge in [-0.25, -0.2) is 0 Å². The van der Waals surface area contributed by atoms with Gasteiger partial charge in [0, 0.05) is 0 Å². The lowest BCUT2D eigenvalue weighted by atomic mass is 10.0. The fourth-order valence-electron chi connectivity index (χ4n) is 1.28. The van der Waals surface area contributed by atoms with Gasteiger partial charge < -0.3 is 11.1 Å². The van der Waals surface area contributed by atoms with E-state index < -0.39 is 0 Å². The second kappa shape index (κ2) is 6.26. The normalized spacial score (nSPS) is 12.5. The number of hydrogen-bond donors (Lipinski definition) is 2. The number of halogens is 2. The van der Waals surface area contributed by atoms with Gasteiger partial charge in [0.05, 0.1) is 24.2 Å². The van der Waals surface area contributed by atoms with Crippen LogP contribution in [0.2, 0.25) is 0 Å². The monoisotopic (exact) mass is 398 g/mol. The lowest BCUT2D eigenvalue weighted by Gasteiger charge is -2.20. The van der Waals surface area contributed by atoms with E-state index in [0.717, 1.165) is 7.57 Å². The van der Waals surface area contributed by atoms with E-state index in [1.54, 1.807) is 6.07 Å². The molecule has 0 spiro atoms. The van der Waals surface area contributed by atoms with Crippen LogP contribution >= 0.6 is 55.4 Å². The quantitative estimate of drug-likeness (QED) is 0.763. The summed E-state index contributed by atoms with van der Waals surface area (Å²) in [6.07, 6.45) is 0. The highest BCUT2D eigenvalue weighted by molar-refractivity contribution is 9.12. The van der Waals surface area contributed by atoms with Crippen LogP contribution in [0.4, 0.5) is 0 Å². The minimum Gasteiger partial charge on any atom is -0.392 e. The number of thiocarbonyl (C=S) groups is 1. The van der Waals surface area contributed by atoms with Crippen LogP contribution in [0.1, 0.15) is 24.2 Å². The third-order valence-corrected chi connectivity index (χ3v) is 4.75. The summed E-state index contributed by atoms with van der Waals surface area (Å²) in [7, 11) is 0. The molecule has 0 bridgehead atoms. The maximum Gasteiger partial charge on any atom is 0.253 e. The molecule has 0 aliphatic rings. The van der Waals surface area contributed by atoms with Crippen molar-refractivity contribution in [2.24, 2.45) is 11.7 Å². The lowest BCUT2D eigenvalue weighted by Crippen LogP contribution is -2.46. The molecule has 1 amide bonds. The highest BCUT2D eigenvalue weighted by atomic mass is 79.9. The summed E-state index contributed by atoms with van der Waals surface area (Å²) in [4.78, 5) is 12.3. The first kappa shape index (κ1) is 15.1. The predicted molar refractivity (Wildman–Crippen MR) is 82.6 cm³/mol. The SMILES string of the molecule is CC(C)C(NC(=O)c1cc(Br)sc1Br)C(N)=S. The topological polar surface area (TPSA) is 55.1 Å². The average molecular weight is 400 g/mol. The number of thiophene rings is 1. The molecule has 94 valence electrons. The van der Waals surface area contributed by atoms with E-state index >= 15 is 0 Å². The second-order valence-corrected chi connectivity index (χ2v) is 8.06. The van der Waals surface area contributed by atoms with Crippen LogP contribution in [-0.4, -0.2) is 16.9 Å². The Kier molecular flexibility index (Phi) is 5.56. The maximum absolute atomic E-state index is 12.0. The van der Waals surface area contributed by atoms with Gasteiger partial charge >= 0.3 is 0 Å². The van der Waals surface area contributed by atoms with Crippen LogP contribution in [0.25, 0.3) is 0 Å². The molecule has 0 aliphatic heterocycles. The zero-order valence-electron chi connectivity index (χ0n) is 9.29. The second-order valence-electron chi connectivity index (χ2n) is 3.84. The van der Waals surface area contributed by atoms with Gasteiger partial charge in [0.2, 0.25) is 0 Å². The Morgan fingerprint density at radius 3 is 2.47 bits per heavy atom. The minimum atomic E-state index is -0.289. The van der Waals surface area contributed by atoms with Crippen molar-refractivity contribution in [3.8, 4) is 0 Å². The van der Waals surface area contributed by atoms with Gasteiger partial charge in [0.1, 0.15) is 0 Å². The summed E-state index contributed by atoms with van der Waals surface area (Å²) >= 11 is 13.1. The molecule has 1 aromatic rings. The fourth-order valence-corrected chi connectivity index (χ4v) is 4.40. The van der Waals surface area contributed by atoms with Crippen molar-refractivity contribution in [3.05, 3.63) is 19.2 Å². The molecule has 0 radical (unpaired) electrons. The van der Waals surface area contributed by atoms with Gasteiger partial charge in [-0.3, -0.25) is 4.79 Å². The summed E-state index contributed by atoms with van der Waals surface area (Å²) in [5.74, 6) is -0.0115. The van der Waals surface area contributed by atoms with Crippen LogP contribution < -0.4 is 11.1 Å². The number of nitrogens with two attached hydrogens (primary N) is 1. The standard InChI is InChI=1S/C10H12Br2N2OS2/c1-4(2)7(9(13)16)14-10(15)5-3-6(11)17-8(5)12/h3-4,7H,1-2H3,(H2,13,16)(H,14,15). The summed E-state index contributed by atoms with van der Waals surface area (Å²) in [6, 6.07) is 1.48. The molecule has 17 heavy (non-hydrogen) atoms. The molecule has 1 atom stereocenters. The van der Waals surface area contributed by atoms with Crippen molar-refractivity contribution in [3.63, 3.8) is 0 Å². The van der Waals surface area contributed by atoms with E-state index in [1.165, 1.54) is 11.3 Å². The van der Waals surface area contributed by atoms with E-state index in [2.05, 4.69) is 37.2 Å². The highest BCUT2D eigenvalue weighted by Gasteiger charge is 2.21. The average Bonchev–Trinajstić information content (AvgIpc) is 2.53. The zero-order chi connectivity index (χ0) is 13.2. The lowest BCUT2D eigenvalue weighted by molar-refractivity contribution is 0.0939. The van der Waals surface area contributed by atoms with Gasteiger partial charge in [-0.05, 0) is 43.8 Å². The Bertz CT molecular complexity index is 446. The van der Waals surface area contributed by atoms with Crippen molar-refractivity contribution < 1.29 is 4.79 Å². The van der Waals surface area contributed by atoms with Gasteiger partial charge in [-0.15, -0.1) is 11.3 Å². The zero-order valence-corrected chi connectivity index (χ0v) is 14.1. The Labute approximate surface area is 126 Å². The molecule has 1 rings (SSSR count). The first-order valence-corrected chi connectivity index (χ1v) is 7.69. The molecule has 0 aromatic carbocycles. The van der Waals surface area contributed by atoms with Crippen molar-refractivity contribution in [1.29, 1.82) is 0 Å². The molecular formula is C10H12Br2N2OS2. The molecule has 1 aromatic heterocycles. The summed E-state index contributed by atoms with van der Waals surface area (Å²) in [6.45, 7) is 3.92. The number of carbonyl (C=O) groups is 1. The van der Waals surface area contributed by atoms with Crippen molar-refractivity contribution in [2.45, 2.75) is 19.9 Å². The van der Waals surface area contributed by atoms with E-state index in [-0.39, 0.29) is 17.9 Å². The first-order valence-electron chi connectivity index (χ1n) is 4.88. The van der Waals surface area contributed by atoms with E-state index in [9.17, 15) is 4.79 Å². The van der Waals surface area contributed by atoms with E-state index in [0.29, 0.717) is 10.6 Å². The first-order chi connectivity index (χ1) is 7.82. The molecule has 0 saturated heterocycles. The molecule has 1 unspecified atom stereocenters. The molecule has 0 fully saturated rings. The number of amides is 1. The van der Waals surface area contributed by atoms with Crippen LogP contribution in [0.5, 0.6) is 0 Å². The molecule has 0 saturated carbocycles. The van der Waals surface area contributed by atoms with Gasteiger partial charge in [-0.1, -0.05) is 26.1 Å². The number of nitrogens with one attached hydrogen (secondary N) is 1. The minimum absolute atomic E-state index is 0.164. The predicted octanol–water partition coefficient (Wildman–Crippen LogP) is 3.31. The largest absolute Gasteiger partial charge is 0.392 e. The summed E-state index contributed by atoms with van der Waals surface area (Å²) in [5.41, 5.74) is 6.19. The number of carbonyl (C=O) groups excluding carboxylic acids is 1. The summed E-state index contributed by atoms with van der Waals surface area (Å²) < 4.78 is 1.68. The van der Waals surface area contributed by atoms with Crippen LogP contribution in [0.3, 0.4) is 0 Å². The number of rotatable bonds is 4. The molecule has 1 heterocycles. The van der Waals surface area contributed by atoms with Crippen LogP contribution in [0.15, 0.2) is 13.6 Å². The van der Waals surface area contributed by atoms with E-state index in [4.69, 9.17) is 18.0 Å². The Morgan fingerprint density at radius 1 is 1.53 bits per heavy atom.